The lowest BCUT2D eigenvalue weighted by Gasteiger charge is -2.19. The van der Waals surface area contributed by atoms with Crippen molar-refractivity contribution in [3.05, 3.63) is 53.9 Å². The highest BCUT2D eigenvalue weighted by molar-refractivity contribution is 5.59. The van der Waals surface area contributed by atoms with Gasteiger partial charge in [0.1, 0.15) is 0 Å². The highest BCUT2D eigenvalue weighted by Crippen LogP contribution is 2.37. The van der Waals surface area contributed by atoms with Crippen molar-refractivity contribution in [3.63, 3.8) is 0 Å². The Morgan fingerprint density at radius 1 is 1.20 bits per heavy atom. The van der Waals surface area contributed by atoms with E-state index in [-0.39, 0.29) is 17.4 Å². The maximum absolute atomic E-state index is 13.0. The van der Waals surface area contributed by atoms with Gasteiger partial charge in [-0.1, -0.05) is 6.07 Å². The zero-order chi connectivity index (χ0) is 14.8. The second kappa shape index (κ2) is 5.40. The minimum Gasteiger partial charge on any atom is -0.399 e. The lowest BCUT2D eigenvalue weighted by molar-refractivity contribution is -0.136. The number of aromatic nitrogens is 1. The summed E-state index contributed by atoms with van der Waals surface area (Å²) in [5.41, 5.74) is 5.38. The van der Waals surface area contributed by atoms with Gasteiger partial charge in [-0.2, -0.15) is 13.2 Å². The second-order valence-corrected chi connectivity index (χ2v) is 4.42. The molecule has 0 radical (unpaired) electrons. The van der Waals surface area contributed by atoms with Gasteiger partial charge in [0, 0.05) is 17.6 Å². The van der Waals surface area contributed by atoms with Crippen molar-refractivity contribution < 1.29 is 13.2 Å². The molecule has 1 unspecified atom stereocenters. The first-order valence-electron chi connectivity index (χ1n) is 6.02. The van der Waals surface area contributed by atoms with Crippen molar-refractivity contribution in [1.82, 2.24) is 4.98 Å². The van der Waals surface area contributed by atoms with E-state index in [1.165, 1.54) is 12.1 Å². The average Bonchev–Trinajstić information content (AvgIpc) is 2.40. The van der Waals surface area contributed by atoms with Crippen molar-refractivity contribution in [1.29, 1.82) is 0 Å². The molecule has 3 nitrogen and oxygen atoms in total. The molecule has 0 aliphatic rings. The van der Waals surface area contributed by atoms with Gasteiger partial charge in [-0.3, -0.25) is 4.98 Å². The molecule has 0 spiro atoms. The van der Waals surface area contributed by atoms with Crippen LogP contribution >= 0.6 is 0 Å². The first-order valence-corrected chi connectivity index (χ1v) is 6.02. The first-order chi connectivity index (χ1) is 9.38. The van der Waals surface area contributed by atoms with E-state index in [9.17, 15) is 13.2 Å². The molecule has 0 aliphatic carbocycles. The van der Waals surface area contributed by atoms with Crippen LogP contribution in [0.25, 0.3) is 0 Å². The summed E-state index contributed by atoms with van der Waals surface area (Å²) in [5, 5.41) is 2.82. The van der Waals surface area contributed by atoms with Crippen molar-refractivity contribution in [2.24, 2.45) is 0 Å². The Hall–Kier alpha value is -2.24. The zero-order valence-corrected chi connectivity index (χ0v) is 10.8. The predicted octanol–water partition coefficient (Wildman–Crippen LogP) is 3.86. The van der Waals surface area contributed by atoms with E-state index in [0.29, 0.717) is 5.69 Å². The summed E-state index contributed by atoms with van der Waals surface area (Å²) in [4.78, 5) is 4.12. The summed E-state index contributed by atoms with van der Waals surface area (Å²) in [7, 11) is 0. The molecule has 2 aromatic rings. The number of pyridine rings is 1. The van der Waals surface area contributed by atoms with Crippen molar-refractivity contribution in [2.45, 2.75) is 19.1 Å². The quantitative estimate of drug-likeness (QED) is 0.840. The standard InChI is InChI=1S/C14H14F3N3/c1-9(12-4-2-3-7-19-12)20-13-6-5-10(18)8-11(13)14(15,16)17/h2-9,20H,18H2,1H3. The van der Waals surface area contributed by atoms with Gasteiger partial charge < -0.3 is 11.1 Å². The van der Waals surface area contributed by atoms with E-state index in [2.05, 4.69) is 10.3 Å². The van der Waals surface area contributed by atoms with Crippen LogP contribution < -0.4 is 11.1 Å². The SMILES string of the molecule is CC(Nc1ccc(N)cc1C(F)(F)F)c1ccccn1. The number of nitrogens with two attached hydrogens (primary N) is 1. The number of halogens is 3. The fourth-order valence-electron chi connectivity index (χ4n) is 1.86. The molecule has 1 heterocycles. The van der Waals surface area contributed by atoms with E-state index < -0.39 is 11.7 Å². The smallest absolute Gasteiger partial charge is 0.399 e. The molecule has 2 rings (SSSR count). The summed E-state index contributed by atoms with van der Waals surface area (Å²) in [5.74, 6) is 0. The topological polar surface area (TPSA) is 50.9 Å². The van der Waals surface area contributed by atoms with Gasteiger partial charge in [-0.25, -0.2) is 0 Å². The Labute approximate surface area is 114 Å². The number of anilines is 2. The number of rotatable bonds is 3. The maximum Gasteiger partial charge on any atom is 0.418 e. The number of hydrogen-bond acceptors (Lipinski definition) is 3. The number of benzene rings is 1. The van der Waals surface area contributed by atoms with E-state index in [0.717, 1.165) is 6.07 Å². The van der Waals surface area contributed by atoms with Crippen LogP contribution in [-0.2, 0) is 6.18 Å². The van der Waals surface area contributed by atoms with Gasteiger partial charge in [0.15, 0.2) is 0 Å². The van der Waals surface area contributed by atoms with Crippen molar-refractivity contribution in [3.8, 4) is 0 Å². The molecule has 3 N–H and O–H groups in total. The third-order valence-electron chi connectivity index (χ3n) is 2.85. The Kier molecular flexibility index (Phi) is 3.83. The van der Waals surface area contributed by atoms with E-state index >= 15 is 0 Å². The van der Waals surface area contributed by atoms with Gasteiger partial charge in [0.2, 0.25) is 0 Å². The Morgan fingerprint density at radius 3 is 2.55 bits per heavy atom. The number of alkyl halides is 3. The van der Waals surface area contributed by atoms with Gasteiger partial charge in [-0.05, 0) is 37.3 Å². The highest BCUT2D eigenvalue weighted by atomic mass is 19.4. The van der Waals surface area contributed by atoms with Crippen LogP contribution in [0.2, 0.25) is 0 Å². The van der Waals surface area contributed by atoms with Crippen LogP contribution in [0.4, 0.5) is 24.5 Å². The normalized spacial score (nSPS) is 13.0. The van der Waals surface area contributed by atoms with Gasteiger partial charge in [-0.15, -0.1) is 0 Å². The fourth-order valence-corrected chi connectivity index (χ4v) is 1.86. The van der Waals surface area contributed by atoms with Gasteiger partial charge in [0.05, 0.1) is 17.3 Å². The van der Waals surface area contributed by atoms with Crippen LogP contribution in [0.1, 0.15) is 24.2 Å². The lowest BCUT2D eigenvalue weighted by Crippen LogP contribution is -2.14. The van der Waals surface area contributed by atoms with Crippen LogP contribution in [-0.4, -0.2) is 4.98 Å². The van der Waals surface area contributed by atoms with Crippen LogP contribution in [0.3, 0.4) is 0 Å². The number of hydrogen-bond donors (Lipinski definition) is 2. The van der Waals surface area contributed by atoms with E-state index in [4.69, 9.17) is 5.73 Å². The highest BCUT2D eigenvalue weighted by Gasteiger charge is 2.34. The molecule has 6 heteroatoms. The monoisotopic (exact) mass is 281 g/mol. The summed E-state index contributed by atoms with van der Waals surface area (Å²) >= 11 is 0. The molecule has 0 amide bonds. The fraction of sp³-hybridized carbons (Fsp3) is 0.214. The molecule has 106 valence electrons. The average molecular weight is 281 g/mol. The lowest BCUT2D eigenvalue weighted by atomic mass is 10.1. The minimum absolute atomic E-state index is 0.00940. The molecule has 0 bridgehead atoms. The number of nitrogens with one attached hydrogen (secondary N) is 1. The Bertz CT molecular complexity index is 582. The van der Waals surface area contributed by atoms with Crippen LogP contribution in [0.15, 0.2) is 42.6 Å². The third kappa shape index (κ3) is 3.20. The molecule has 1 aromatic carbocycles. The minimum atomic E-state index is -4.46. The molecule has 0 aliphatic heterocycles. The summed E-state index contributed by atoms with van der Waals surface area (Å²) in [6, 6.07) is 8.63. The number of nitrogen functional groups attached to an aromatic ring is 1. The van der Waals surface area contributed by atoms with Crippen molar-refractivity contribution >= 4 is 11.4 Å². The summed E-state index contributed by atoms with van der Waals surface area (Å²) in [6.45, 7) is 1.75. The molecule has 0 fully saturated rings. The maximum atomic E-state index is 13.0. The van der Waals surface area contributed by atoms with Gasteiger partial charge in [0.25, 0.3) is 0 Å². The predicted molar refractivity (Wildman–Crippen MR) is 72.1 cm³/mol. The zero-order valence-electron chi connectivity index (χ0n) is 10.8. The third-order valence-corrected chi connectivity index (χ3v) is 2.85. The van der Waals surface area contributed by atoms with E-state index in [1.807, 2.05) is 0 Å². The first kappa shape index (κ1) is 14.2. The molecule has 1 atom stereocenters. The molecular weight excluding hydrogens is 267 g/mol. The number of nitrogens with zero attached hydrogens (tertiary/aromatic N) is 1. The molecule has 0 saturated carbocycles. The Balaban J connectivity index is 2.30. The molecule has 0 saturated heterocycles. The summed E-state index contributed by atoms with van der Waals surface area (Å²) in [6.07, 6.45) is -2.86. The van der Waals surface area contributed by atoms with Crippen LogP contribution in [0, 0.1) is 0 Å². The molecular formula is C14H14F3N3. The van der Waals surface area contributed by atoms with E-state index in [1.54, 1.807) is 31.3 Å². The second-order valence-electron chi connectivity index (χ2n) is 4.42. The Morgan fingerprint density at radius 2 is 1.95 bits per heavy atom. The summed E-state index contributed by atoms with van der Waals surface area (Å²) < 4.78 is 38.9. The van der Waals surface area contributed by atoms with Gasteiger partial charge >= 0.3 is 6.18 Å². The molecule has 1 aromatic heterocycles. The largest absolute Gasteiger partial charge is 0.418 e. The molecule has 20 heavy (non-hydrogen) atoms. The van der Waals surface area contributed by atoms with Crippen molar-refractivity contribution in [2.75, 3.05) is 11.1 Å². The van der Waals surface area contributed by atoms with Crippen LogP contribution in [0.5, 0.6) is 0 Å².